The predicted molar refractivity (Wildman–Crippen MR) is 363 cm³/mol. The number of fused-ring (bicyclic) bond motifs is 16. The number of hydrogen-bond acceptors (Lipinski definition) is 16. The Kier molecular flexibility index (Phi) is 22.9. The van der Waals surface area contributed by atoms with Crippen molar-refractivity contribution in [2.75, 3.05) is 79.3 Å². The molecular weight excluding hydrogens is 1230 g/mol. The van der Waals surface area contributed by atoms with Crippen LogP contribution in [-0.4, -0.2) is 91.2 Å². The van der Waals surface area contributed by atoms with Crippen molar-refractivity contribution in [2.45, 2.75) is 131 Å². The highest BCUT2D eigenvalue weighted by molar-refractivity contribution is 6.03. The first kappa shape index (κ1) is 69.7. The highest BCUT2D eigenvalue weighted by atomic mass is 17.2. The van der Waals surface area contributed by atoms with E-state index in [1.807, 2.05) is 0 Å². The molecule has 0 spiro atoms. The van der Waals surface area contributed by atoms with E-state index in [-0.39, 0.29) is 65.6 Å². The van der Waals surface area contributed by atoms with Crippen LogP contribution in [-0.2, 0) is 81.3 Å². The molecule has 0 N–H and O–H groups in total. The van der Waals surface area contributed by atoms with Gasteiger partial charge in [0, 0.05) is 0 Å². The van der Waals surface area contributed by atoms with E-state index in [9.17, 15) is 9.59 Å². The minimum absolute atomic E-state index is 0. The number of allylic oxidation sites excluding steroid dienone is 16. The normalized spacial score (nSPS) is 39.0. The smallest absolute Gasteiger partial charge is 0.339 e. The minimum atomic E-state index is -0.744. The molecule has 0 aliphatic heterocycles. The van der Waals surface area contributed by atoms with Crippen molar-refractivity contribution < 1.29 is 77.7 Å². The molecular formula is C81H110O16. The Morgan fingerprint density at radius 2 is 0.474 bits per heavy atom. The Bertz CT molecular complexity index is 2800. The second-order valence-electron chi connectivity index (χ2n) is 32.5. The van der Waals surface area contributed by atoms with Crippen molar-refractivity contribution in [3.05, 3.63) is 132 Å². The van der Waals surface area contributed by atoms with Gasteiger partial charge in [0.15, 0.2) is 0 Å². The Morgan fingerprint density at radius 3 is 0.670 bits per heavy atom. The van der Waals surface area contributed by atoms with E-state index in [4.69, 9.17) is 68.1 Å². The van der Waals surface area contributed by atoms with Crippen molar-refractivity contribution in [3.8, 4) is 0 Å². The maximum atomic E-state index is 13.8. The topological polar surface area (TPSA) is 163 Å². The number of hydrogen-bond donors (Lipinski definition) is 0. The lowest BCUT2D eigenvalue weighted by Crippen LogP contribution is -2.42. The molecule has 0 heterocycles. The minimum Gasteiger partial charge on any atom is -0.462 e. The summed E-state index contributed by atoms with van der Waals surface area (Å²) >= 11 is 0. The molecule has 16 bridgehead atoms. The largest absolute Gasteiger partial charge is 0.462 e. The van der Waals surface area contributed by atoms with E-state index in [1.165, 1.54) is 64.2 Å². The van der Waals surface area contributed by atoms with Gasteiger partial charge in [-0.1, -0.05) is 112 Å². The van der Waals surface area contributed by atoms with E-state index in [1.54, 1.807) is 12.1 Å². The molecule has 16 aliphatic rings. The molecule has 0 aromatic heterocycles. The summed E-state index contributed by atoms with van der Waals surface area (Å²) in [5.41, 5.74) is 1.02. The maximum Gasteiger partial charge on any atom is 0.339 e. The summed E-state index contributed by atoms with van der Waals surface area (Å²) < 4.78 is 11.9. The van der Waals surface area contributed by atoms with Crippen molar-refractivity contribution in [1.29, 1.82) is 0 Å². The first-order valence-electron chi connectivity index (χ1n) is 37.1. The predicted octanol–water partition coefficient (Wildman–Crippen LogP) is 15.6. The molecule has 24 atom stereocenters. The van der Waals surface area contributed by atoms with Crippen molar-refractivity contribution in [3.63, 3.8) is 0 Å². The number of carbonyl (C=O) groups is 2. The lowest BCUT2D eigenvalue weighted by Gasteiger charge is -2.31. The Morgan fingerprint density at radius 1 is 0.268 bits per heavy atom. The highest BCUT2D eigenvalue weighted by Crippen LogP contribution is 2.50. The maximum absolute atomic E-state index is 13.8. The van der Waals surface area contributed by atoms with Gasteiger partial charge in [-0.2, -0.15) is 0 Å². The fourth-order valence-corrected chi connectivity index (χ4v) is 20.4. The molecule has 0 radical (unpaired) electrons. The van der Waals surface area contributed by atoms with Crippen LogP contribution in [0.25, 0.3) is 0 Å². The number of ether oxygens (including phenoxy) is 2. The zero-order valence-corrected chi connectivity index (χ0v) is 55.5. The van der Waals surface area contributed by atoms with Crippen LogP contribution < -0.4 is 0 Å². The lowest BCUT2D eigenvalue weighted by molar-refractivity contribution is -0.396. The van der Waals surface area contributed by atoms with E-state index in [2.05, 4.69) is 97.2 Å². The molecule has 8 fully saturated rings. The third-order valence-electron chi connectivity index (χ3n) is 26.0. The van der Waals surface area contributed by atoms with Gasteiger partial charge in [-0.05, 0) is 268 Å². The van der Waals surface area contributed by atoms with Gasteiger partial charge in [0.1, 0.15) is 13.2 Å². The second kappa shape index (κ2) is 31.9. The van der Waals surface area contributed by atoms with Crippen LogP contribution in [0.2, 0.25) is 0 Å². The van der Waals surface area contributed by atoms with Crippen LogP contribution in [0.3, 0.4) is 0 Å². The Balaban J connectivity index is 0.000000164. The van der Waals surface area contributed by atoms with Crippen LogP contribution in [0, 0.1) is 147 Å². The second-order valence-corrected chi connectivity index (χ2v) is 32.5. The van der Waals surface area contributed by atoms with Gasteiger partial charge in [-0.3, -0.25) is 0 Å². The van der Waals surface area contributed by atoms with Gasteiger partial charge in [0.25, 0.3) is 0 Å². The van der Waals surface area contributed by atoms with Gasteiger partial charge in [0.2, 0.25) is 0 Å². The zero-order chi connectivity index (χ0) is 63.7. The fraction of sp³-hybridized carbons (Fsp3) is 0.704. The molecule has 8 saturated carbocycles. The van der Waals surface area contributed by atoms with Crippen LogP contribution in [0.4, 0.5) is 0 Å². The van der Waals surface area contributed by atoms with Crippen molar-refractivity contribution in [1.82, 2.24) is 0 Å². The average molecular weight is 1340 g/mol. The lowest BCUT2D eigenvalue weighted by atomic mass is 9.92. The first-order chi connectivity index (χ1) is 46.7. The molecule has 1 aromatic rings. The van der Waals surface area contributed by atoms with Crippen LogP contribution >= 0.6 is 0 Å². The fourth-order valence-electron chi connectivity index (χ4n) is 20.4. The van der Waals surface area contributed by atoms with Crippen molar-refractivity contribution in [2.24, 2.45) is 147 Å². The van der Waals surface area contributed by atoms with Gasteiger partial charge in [0.05, 0.1) is 95.8 Å². The van der Waals surface area contributed by atoms with Gasteiger partial charge >= 0.3 is 11.9 Å². The van der Waals surface area contributed by atoms with Gasteiger partial charge < -0.3 is 9.47 Å². The van der Waals surface area contributed by atoms with Crippen LogP contribution in [0.5, 0.6) is 0 Å². The average Bonchev–Trinajstić information content (AvgIpc) is 1.28. The number of rotatable bonds is 36. The summed E-state index contributed by atoms with van der Waals surface area (Å²) in [6.45, 7) is 5.09. The summed E-state index contributed by atoms with van der Waals surface area (Å²) in [5, 5.41) is 0. The molecule has 24 unspecified atom stereocenters. The monoisotopic (exact) mass is 1340 g/mol. The standard InChI is InChI=1S/C42H50O8.C37H52O8.2CH4/c43-41(45-19-33-13-25-1-5-29(33)9-25)39-17-37(23-49-47-21-35-15-27-3-7-31(35)11-27)38(24-50-48-22-36-16-28-4-8-32(36)12-28)18-40(39)42(44)46-20-34-14-26-2-6-30(34)10-26;1-5-29-9-25(1)13-33(29)17-38-42-21-37(22-43-39-18-34-14-26-2-6-30(34)10-26,23-44-40-19-35-15-27-3-7-31(35)11-27)24-45-41-20-36-16-28-4-8-32(36)12-28;;/h1-8,17-18,25-36H,9-16,19-24H2;1-8,25-36H,9-24H2;2*1H4. The third kappa shape index (κ3) is 16.4. The molecule has 0 saturated heterocycles. The number of benzene rings is 1. The van der Waals surface area contributed by atoms with Crippen LogP contribution in [0.1, 0.15) is 149 Å². The van der Waals surface area contributed by atoms with E-state index < -0.39 is 17.4 Å². The molecule has 530 valence electrons. The molecule has 97 heavy (non-hydrogen) atoms. The van der Waals surface area contributed by atoms with Gasteiger partial charge in [-0.15, -0.1) is 0 Å². The Labute approximate surface area is 576 Å². The van der Waals surface area contributed by atoms with Gasteiger partial charge in [-0.25, -0.2) is 68.2 Å². The van der Waals surface area contributed by atoms with E-state index >= 15 is 0 Å². The first-order valence-corrected chi connectivity index (χ1v) is 37.1. The summed E-state index contributed by atoms with van der Waals surface area (Å²) in [6, 6.07) is 3.42. The third-order valence-corrected chi connectivity index (χ3v) is 26.0. The zero-order valence-electron chi connectivity index (χ0n) is 55.5. The Hall–Kier alpha value is -4.40. The summed E-state index contributed by atoms with van der Waals surface area (Å²) in [5.74, 6) is 12.3. The molecule has 17 rings (SSSR count). The number of esters is 2. The molecule has 16 nitrogen and oxygen atoms in total. The molecule has 16 heteroatoms. The molecule has 1 aromatic carbocycles. The summed E-state index contributed by atoms with van der Waals surface area (Å²) in [6.07, 6.45) is 55.8. The van der Waals surface area contributed by atoms with Crippen LogP contribution in [0.15, 0.2) is 109 Å². The quantitative estimate of drug-likeness (QED) is 0.0205. The summed E-state index contributed by atoms with van der Waals surface area (Å²) in [7, 11) is 0. The van der Waals surface area contributed by atoms with E-state index in [0.29, 0.717) is 206 Å². The highest BCUT2D eigenvalue weighted by Gasteiger charge is 2.44. The van der Waals surface area contributed by atoms with E-state index in [0.717, 1.165) is 38.5 Å². The number of carbonyl (C=O) groups excluding carboxylic acids is 2. The SMILES string of the molecule is C.C.C1=CC2CC1CC2COOCC(COOCC1CC2C=CC1C2)(COOCC1CC2C=CC1C2)COOCC1CC2C=CC1C2.O=C(OCC1CC2C=CC1C2)c1cc(COOCC2CC3C=CC2C3)c(COOCC2CC3C=CC2C3)cc1C(=O)OCC1CC2C=CC1C2. The summed E-state index contributed by atoms with van der Waals surface area (Å²) in [4.78, 5) is 97.8. The molecule has 0 amide bonds. The van der Waals surface area contributed by atoms with Crippen molar-refractivity contribution >= 4 is 11.9 Å². The molecule has 16 aliphatic carbocycles.